The van der Waals surface area contributed by atoms with E-state index in [0.717, 1.165) is 18.4 Å². The molecular weight excluding hydrogens is 110 g/mol. The van der Waals surface area contributed by atoms with E-state index in [9.17, 15) is 0 Å². The van der Waals surface area contributed by atoms with Crippen LogP contribution in [0.3, 0.4) is 0 Å². The lowest BCUT2D eigenvalue weighted by atomic mass is 10.1. The summed E-state index contributed by atoms with van der Waals surface area (Å²) in [6.45, 7) is 7.77. The summed E-state index contributed by atoms with van der Waals surface area (Å²) in [5.41, 5.74) is 6.13. The second kappa shape index (κ2) is 1.98. The summed E-state index contributed by atoms with van der Waals surface area (Å²) >= 11 is 0. The Morgan fingerprint density at radius 2 is 1.89 bits per heavy atom. The van der Waals surface area contributed by atoms with E-state index in [1.165, 1.54) is 6.42 Å². The van der Waals surface area contributed by atoms with E-state index in [1.54, 1.807) is 0 Å². The fourth-order valence-electron chi connectivity index (χ4n) is 2.14. The first kappa shape index (κ1) is 7.07. The van der Waals surface area contributed by atoms with Gasteiger partial charge in [0.25, 0.3) is 0 Å². The molecular formula is C8H17N. The van der Waals surface area contributed by atoms with Gasteiger partial charge in [-0.25, -0.2) is 0 Å². The largest absolute Gasteiger partial charge is 0.330 e. The van der Waals surface area contributed by atoms with E-state index in [2.05, 4.69) is 20.8 Å². The molecule has 2 atom stereocenters. The number of hydrogen-bond acceptors (Lipinski definition) is 1. The van der Waals surface area contributed by atoms with Gasteiger partial charge >= 0.3 is 0 Å². The Kier molecular flexibility index (Phi) is 1.55. The first-order valence-corrected chi connectivity index (χ1v) is 3.84. The third-order valence-corrected chi connectivity index (χ3v) is 2.98. The fourth-order valence-corrected chi connectivity index (χ4v) is 2.14. The monoisotopic (exact) mass is 127 g/mol. The number of nitrogens with two attached hydrogens (primary N) is 1. The second-order valence-corrected chi connectivity index (χ2v) is 3.68. The standard InChI is InChI=1S/C8H17N/c1-4-6-7(5-9)8(6,2)3/h6-7H,4-5,9H2,1-3H3/t6-,7-/m0/s1. The van der Waals surface area contributed by atoms with Gasteiger partial charge in [-0.15, -0.1) is 0 Å². The molecule has 0 heterocycles. The highest BCUT2D eigenvalue weighted by Gasteiger charge is 2.54. The third-order valence-electron chi connectivity index (χ3n) is 2.98. The first-order valence-electron chi connectivity index (χ1n) is 3.84. The highest BCUT2D eigenvalue weighted by Crippen LogP contribution is 2.59. The van der Waals surface area contributed by atoms with Gasteiger partial charge in [-0.2, -0.15) is 0 Å². The normalized spacial score (nSPS) is 38.7. The molecule has 0 unspecified atom stereocenters. The Bertz CT molecular complexity index is 95.1. The molecule has 1 aliphatic rings. The molecule has 0 aliphatic heterocycles. The van der Waals surface area contributed by atoms with Crippen molar-refractivity contribution >= 4 is 0 Å². The highest BCUT2D eigenvalue weighted by atomic mass is 14.7. The summed E-state index contributed by atoms with van der Waals surface area (Å²) in [4.78, 5) is 0. The molecule has 1 rings (SSSR count). The minimum absolute atomic E-state index is 0.559. The van der Waals surface area contributed by atoms with Crippen molar-refractivity contribution in [2.75, 3.05) is 6.54 Å². The van der Waals surface area contributed by atoms with Gasteiger partial charge in [0.05, 0.1) is 0 Å². The molecule has 1 heteroatoms. The van der Waals surface area contributed by atoms with E-state index >= 15 is 0 Å². The van der Waals surface area contributed by atoms with Crippen LogP contribution in [0.4, 0.5) is 0 Å². The van der Waals surface area contributed by atoms with Gasteiger partial charge < -0.3 is 5.73 Å². The average Bonchev–Trinajstić information content (AvgIpc) is 2.32. The van der Waals surface area contributed by atoms with Gasteiger partial charge in [-0.05, 0) is 23.8 Å². The number of rotatable bonds is 2. The fraction of sp³-hybridized carbons (Fsp3) is 1.00. The molecule has 0 spiro atoms. The van der Waals surface area contributed by atoms with Crippen LogP contribution in [0.1, 0.15) is 27.2 Å². The SMILES string of the molecule is CC[C@H]1[C@H](CN)C1(C)C. The van der Waals surface area contributed by atoms with Gasteiger partial charge in [-0.1, -0.05) is 27.2 Å². The van der Waals surface area contributed by atoms with Gasteiger partial charge in [0.15, 0.2) is 0 Å². The van der Waals surface area contributed by atoms with Crippen LogP contribution in [0.5, 0.6) is 0 Å². The van der Waals surface area contributed by atoms with Gasteiger partial charge in [0.1, 0.15) is 0 Å². The van der Waals surface area contributed by atoms with Crippen molar-refractivity contribution in [3.63, 3.8) is 0 Å². The zero-order chi connectivity index (χ0) is 7.07. The Balaban J connectivity index is 2.45. The molecule has 2 N–H and O–H groups in total. The first-order chi connectivity index (χ1) is 4.14. The van der Waals surface area contributed by atoms with Crippen LogP contribution >= 0.6 is 0 Å². The summed E-state index contributed by atoms with van der Waals surface area (Å²) in [6, 6.07) is 0. The van der Waals surface area contributed by atoms with E-state index in [-0.39, 0.29) is 0 Å². The summed E-state index contributed by atoms with van der Waals surface area (Å²) in [7, 11) is 0. The molecule has 0 amide bonds. The van der Waals surface area contributed by atoms with Crippen molar-refractivity contribution in [1.29, 1.82) is 0 Å². The molecule has 0 radical (unpaired) electrons. The lowest BCUT2D eigenvalue weighted by Crippen LogP contribution is -2.05. The van der Waals surface area contributed by atoms with Crippen LogP contribution in [0.25, 0.3) is 0 Å². The molecule has 0 aromatic rings. The molecule has 0 bridgehead atoms. The van der Waals surface area contributed by atoms with Gasteiger partial charge in [0.2, 0.25) is 0 Å². The van der Waals surface area contributed by atoms with Crippen molar-refractivity contribution in [2.45, 2.75) is 27.2 Å². The average molecular weight is 127 g/mol. The van der Waals surface area contributed by atoms with E-state index in [1.807, 2.05) is 0 Å². The Morgan fingerprint density at radius 1 is 1.33 bits per heavy atom. The molecule has 1 saturated carbocycles. The summed E-state index contributed by atoms with van der Waals surface area (Å²) in [5, 5.41) is 0. The smallest absolute Gasteiger partial charge is 0.00408 e. The van der Waals surface area contributed by atoms with Crippen LogP contribution < -0.4 is 5.73 Å². The van der Waals surface area contributed by atoms with Crippen molar-refractivity contribution in [1.82, 2.24) is 0 Å². The molecule has 0 aromatic carbocycles. The summed E-state index contributed by atoms with van der Waals surface area (Å²) in [5.74, 6) is 1.71. The van der Waals surface area contributed by atoms with Gasteiger partial charge in [-0.3, -0.25) is 0 Å². The lowest BCUT2D eigenvalue weighted by Gasteiger charge is -1.97. The van der Waals surface area contributed by atoms with Crippen LogP contribution in [0.2, 0.25) is 0 Å². The van der Waals surface area contributed by atoms with E-state index in [0.29, 0.717) is 5.41 Å². The molecule has 1 fully saturated rings. The van der Waals surface area contributed by atoms with Crippen LogP contribution in [-0.2, 0) is 0 Å². The topological polar surface area (TPSA) is 26.0 Å². The van der Waals surface area contributed by atoms with Crippen LogP contribution in [-0.4, -0.2) is 6.54 Å². The van der Waals surface area contributed by atoms with Crippen LogP contribution in [0.15, 0.2) is 0 Å². The highest BCUT2D eigenvalue weighted by molar-refractivity contribution is 5.04. The predicted molar refractivity (Wildman–Crippen MR) is 40.1 cm³/mol. The van der Waals surface area contributed by atoms with Gasteiger partial charge in [0, 0.05) is 0 Å². The lowest BCUT2D eigenvalue weighted by molar-refractivity contribution is 0.532. The maximum absolute atomic E-state index is 5.58. The van der Waals surface area contributed by atoms with Crippen molar-refractivity contribution in [3.8, 4) is 0 Å². The Labute approximate surface area is 57.6 Å². The maximum Gasteiger partial charge on any atom is -0.00408 e. The third kappa shape index (κ3) is 0.877. The molecule has 54 valence electrons. The van der Waals surface area contributed by atoms with Crippen LogP contribution in [0, 0.1) is 17.3 Å². The Morgan fingerprint density at radius 3 is 2.00 bits per heavy atom. The summed E-state index contributed by atoms with van der Waals surface area (Å²) in [6.07, 6.45) is 1.30. The molecule has 0 aromatic heterocycles. The van der Waals surface area contributed by atoms with Crippen molar-refractivity contribution in [2.24, 2.45) is 23.0 Å². The second-order valence-electron chi connectivity index (χ2n) is 3.68. The zero-order valence-corrected chi connectivity index (χ0v) is 6.65. The number of hydrogen-bond donors (Lipinski definition) is 1. The quantitative estimate of drug-likeness (QED) is 0.599. The molecule has 9 heavy (non-hydrogen) atoms. The molecule has 0 saturated heterocycles. The maximum atomic E-state index is 5.58. The van der Waals surface area contributed by atoms with E-state index in [4.69, 9.17) is 5.73 Å². The van der Waals surface area contributed by atoms with Crippen molar-refractivity contribution in [3.05, 3.63) is 0 Å². The molecule has 1 aliphatic carbocycles. The Hall–Kier alpha value is -0.0400. The van der Waals surface area contributed by atoms with Crippen molar-refractivity contribution < 1.29 is 0 Å². The zero-order valence-electron chi connectivity index (χ0n) is 6.65. The molecule has 1 nitrogen and oxygen atoms in total. The predicted octanol–water partition coefficient (Wildman–Crippen LogP) is 1.63. The minimum atomic E-state index is 0.559. The minimum Gasteiger partial charge on any atom is -0.330 e. The van der Waals surface area contributed by atoms with E-state index < -0.39 is 0 Å². The summed E-state index contributed by atoms with van der Waals surface area (Å²) < 4.78 is 0.